The van der Waals surface area contributed by atoms with Crippen molar-refractivity contribution in [2.24, 2.45) is 0 Å². The zero-order valence-electron chi connectivity index (χ0n) is 20.8. The fraction of sp³-hybridized carbons (Fsp3) is 0.654. The van der Waals surface area contributed by atoms with Crippen molar-refractivity contribution in [3.05, 3.63) is 46.2 Å². The molecule has 3 aliphatic heterocycles. The highest BCUT2D eigenvalue weighted by Crippen LogP contribution is 2.45. The van der Waals surface area contributed by atoms with Crippen LogP contribution in [0.25, 0.3) is 0 Å². The zero-order chi connectivity index (χ0) is 23.5. The molecule has 1 atom stereocenters. The quantitative estimate of drug-likeness (QED) is 0.416. The minimum absolute atomic E-state index is 0.174. The van der Waals surface area contributed by atoms with E-state index >= 15 is 0 Å². The van der Waals surface area contributed by atoms with Crippen LogP contribution in [-0.2, 0) is 9.53 Å². The lowest BCUT2D eigenvalue weighted by Gasteiger charge is -2.43. The number of hydrogen-bond donors (Lipinski definition) is 0. The van der Waals surface area contributed by atoms with Gasteiger partial charge in [0.1, 0.15) is 11.1 Å². The lowest BCUT2D eigenvalue weighted by Crippen LogP contribution is -2.55. The maximum absolute atomic E-state index is 13.0. The number of piperazine rings is 1. The minimum atomic E-state index is 0.174. The van der Waals surface area contributed by atoms with Crippen LogP contribution in [0.3, 0.4) is 0 Å². The number of methoxy groups -OCH3 is 1. The molecule has 33 heavy (non-hydrogen) atoms. The predicted molar refractivity (Wildman–Crippen MR) is 137 cm³/mol. The van der Waals surface area contributed by atoms with E-state index in [0.29, 0.717) is 12.5 Å². The van der Waals surface area contributed by atoms with Gasteiger partial charge in [-0.3, -0.25) is 14.6 Å². The second-order valence-electron chi connectivity index (χ2n) is 9.86. The van der Waals surface area contributed by atoms with Crippen molar-refractivity contribution in [2.45, 2.75) is 50.9 Å². The van der Waals surface area contributed by atoms with E-state index in [1.807, 2.05) is 11.8 Å². The third-order valence-corrected chi connectivity index (χ3v) is 8.84. The van der Waals surface area contributed by atoms with Crippen LogP contribution in [0.15, 0.2) is 46.2 Å². The second-order valence-corrected chi connectivity index (χ2v) is 11.0. The number of allylic oxidation sites excluding steroid dienone is 2. The van der Waals surface area contributed by atoms with Crippen LogP contribution in [0.4, 0.5) is 0 Å². The molecular weight excluding hydrogens is 432 g/mol. The Morgan fingerprint density at radius 2 is 1.91 bits per heavy atom. The normalized spacial score (nSPS) is 25.4. The van der Waals surface area contributed by atoms with Gasteiger partial charge in [0.2, 0.25) is 5.91 Å². The summed E-state index contributed by atoms with van der Waals surface area (Å²) < 4.78 is 5.65. The summed E-state index contributed by atoms with van der Waals surface area (Å²) in [6.07, 6.45) is 9.05. The van der Waals surface area contributed by atoms with Crippen LogP contribution in [0.2, 0.25) is 0 Å². The van der Waals surface area contributed by atoms with Gasteiger partial charge in [0.05, 0.1) is 13.7 Å². The van der Waals surface area contributed by atoms with E-state index in [2.05, 4.69) is 53.1 Å². The third-order valence-electron chi connectivity index (χ3n) is 7.40. The second kappa shape index (κ2) is 10.7. The summed E-state index contributed by atoms with van der Waals surface area (Å²) in [5, 5.41) is 0.174. The molecule has 0 bridgehead atoms. The molecule has 1 aliphatic carbocycles. The number of amides is 1. The molecule has 4 rings (SSSR count). The number of carbonyl (C=O) groups is 1. The van der Waals surface area contributed by atoms with Gasteiger partial charge < -0.3 is 14.5 Å². The summed E-state index contributed by atoms with van der Waals surface area (Å²) in [4.78, 5) is 23.8. The highest BCUT2D eigenvalue weighted by Gasteiger charge is 2.37. The molecule has 0 aromatic heterocycles. The van der Waals surface area contributed by atoms with Gasteiger partial charge in [-0.2, -0.15) is 0 Å². The number of rotatable bonds is 7. The first-order valence-corrected chi connectivity index (χ1v) is 13.2. The number of thioether (sulfide) groups is 1. The Labute approximate surface area is 204 Å². The molecule has 0 aromatic carbocycles. The van der Waals surface area contributed by atoms with Crippen molar-refractivity contribution in [3.8, 4) is 0 Å². The molecule has 1 unspecified atom stereocenters. The molecule has 3 heterocycles. The molecule has 0 spiro atoms. The summed E-state index contributed by atoms with van der Waals surface area (Å²) in [7, 11) is 3.89. The van der Waals surface area contributed by atoms with E-state index < -0.39 is 0 Å². The highest BCUT2D eigenvalue weighted by atomic mass is 32.2. The summed E-state index contributed by atoms with van der Waals surface area (Å²) in [6, 6.07) is 0.782. The number of carbonyl (C=O) groups excluding carboxylic acids is 1. The predicted octanol–water partition coefficient (Wildman–Crippen LogP) is 3.66. The van der Waals surface area contributed by atoms with Crippen molar-refractivity contribution in [1.82, 2.24) is 19.6 Å². The first-order chi connectivity index (χ1) is 15.9. The fourth-order valence-electron chi connectivity index (χ4n) is 5.29. The maximum Gasteiger partial charge on any atom is 0.236 e. The topological polar surface area (TPSA) is 39.3 Å². The van der Waals surface area contributed by atoms with Gasteiger partial charge in [0.25, 0.3) is 0 Å². The maximum atomic E-state index is 13.0. The third kappa shape index (κ3) is 5.36. The molecule has 2 fully saturated rings. The average Bonchev–Trinajstić information content (AvgIpc) is 3.08. The minimum Gasteiger partial charge on any atom is -0.496 e. The van der Waals surface area contributed by atoms with Gasteiger partial charge in [0, 0.05) is 75.0 Å². The van der Waals surface area contributed by atoms with Crippen LogP contribution in [0.5, 0.6) is 0 Å². The largest absolute Gasteiger partial charge is 0.496 e. The van der Waals surface area contributed by atoms with Crippen molar-refractivity contribution in [2.75, 3.05) is 60.0 Å². The van der Waals surface area contributed by atoms with Crippen molar-refractivity contribution in [1.29, 1.82) is 0 Å². The van der Waals surface area contributed by atoms with Gasteiger partial charge in [-0.05, 0) is 32.8 Å². The van der Waals surface area contributed by atoms with E-state index in [0.717, 1.165) is 63.1 Å². The van der Waals surface area contributed by atoms with Crippen molar-refractivity contribution >= 4 is 17.7 Å². The summed E-state index contributed by atoms with van der Waals surface area (Å²) in [5.41, 5.74) is 3.80. The molecule has 1 amide bonds. The molecule has 4 aliphatic rings. The Hall–Kier alpha value is -1.70. The van der Waals surface area contributed by atoms with E-state index in [9.17, 15) is 4.79 Å². The first kappa shape index (κ1) is 24.4. The Balaban J connectivity index is 1.35. The molecular formula is C26H40N4O2S. The smallest absolute Gasteiger partial charge is 0.236 e. The monoisotopic (exact) mass is 472 g/mol. The molecule has 0 N–H and O–H groups in total. The zero-order valence-corrected chi connectivity index (χ0v) is 21.6. The van der Waals surface area contributed by atoms with E-state index in [1.54, 1.807) is 13.2 Å². The van der Waals surface area contributed by atoms with Gasteiger partial charge in [-0.1, -0.05) is 36.4 Å². The molecule has 1 saturated carbocycles. The van der Waals surface area contributed by atoms with Gasteiger partial charge in [0.15, 0.2) is 0 Å². The number of hydrogen-bond acceptors (Lipinski definition) is 6. The molecule has 0 aromatic rings. The number of ether oxygens (including phenoxy) is 1. The standard InChI is InChI=1S/C26H40N4O2S/c1-6-23(32-5)21(16-19(2)3)26-27(4)22-10-11-28(17-24(22)33-26)18-25(31)30-14-12-29(13-15-30)20-8-7-9-20/h6,16,20,26H,1,7-15,17-18H2,2-5H3/b23-21-. The van der Waals surface area contributed by atoms with Gasteiger partial charge in [-0.25, -0.2) is 0 Å². The summed E-state index contributed by atoms with van der Waals surface area (Å²) >= 11 is 1.89. The van der Waals surface area contributed by atoms with E-state index in [4.69, 9.17) is 4.74 Å². The molecule has 7 heteroatoms. The van der Waals surface area contributed by atoms with E-state index in [1.165, 1.54) is 35.4 Å². The molecule has 1 saturated heterocycles. The fourth-order valence-corrected chi connectivity index (χ4v) is 6.80. The number of likely N-dealkylation sites (N-methyl/N-ethyl adjacent to an activating group) is 1. The van der Waals surface area contributed by atoms with Gasteiger partial charge >= 0.3 is 0 Å². The lowest BCUT2D eigenvalue weighted by atomic mass is 9.91. The molecule has 0 radical (unpaired) electrons. The van der Waals surface area contributed by atoms with Crippen LogP contribution in [0, 0.1) is 0 Å². The van der Waals surface area contributed by atoms with Crippen LogP contribution >= 0.6 is 11.8 Å². The molecule has 6 nitrogen and oxygen atoms in total. The molecule has 182 valence electrons. The summed E-state index contributed by atoms with van der Waals surface area (Å²) in [5.74, 6) is 1.12. The first-order valence-electron chi connectivity index (χ1n) is 12.3. The van der Waals surface area contributed by atoms with Crippen LogP contribution in [0.1, 0.15) is 39.5 Å². The Morgan fingerprint density at radius 1 is 1.18 bits per heavy atom. The van der Waals surface area contributed by atoms with E-state index in [-0.39, 0.29) is 5.37 Å². The Morgan fingerprint density at radius 3 is 2.48 bits per heavy atom. The highest BCUT2D eigenvalue weighted by molar-refractivity contribution is 8.04. The van der Waals surface area contributed by atoms with Gasteiger partial charge in [-0.15, -0.1) is 0 Å². The van der Waals surface area contributed by atoms with Crippen molar-refractivity contribution < 1.29 is 9.53 Å². The number of nitrogens with zero attached hydrogens (tertiary/aromatic N) is 4. The average molecular weight is 473 g/mol. The van der Waals surface area contributed by atoms with Crippen LogP contribution < -0.4 is 0 Å². The van der Waals surface area contributed by atoms with Crippen molar-refractivity contribution in [3.63, 3.8) is 0 Å². The SMILES string of the molecule is C=C/C(OC)=C(\C=C(C)C)C1SC2=C(CCN(CC(=O)N3CCN(C4CCC4)CC3)C2)N1C. The van der Waals surface area contributed by atoms with Crippen LogP contribution in [-0.4, -0.2) is 96.9 Å². The summed E-state index contributed by atoms with van der Waals surface area (Å²) in [6.45, 7) is 14.3. The lowest BCUT2D eigenvalue weighted by molar-refractivity contribution is -0.134. The Bertz CT molecular complexity index is 848. The Kier molecular flexibility index (Phi) is 7.92.